The zero-order valence-corrected chi connectivity index (χ0v) is 7.66. The van der Waals surface area contributed by atoms with Crippen molar-refractivity contribution in [3.63, 3.8) is 0 Å². The predicted molar refractivity (Wildman–Crippen MR) is 44.2 cm³/mol. The van der Waals surface area contributed by atoms with Crippen molar-refractivity contribution in [2.45, 2.75) is 24.9 Å². The normalized spacial score (nSPS) is 17.9. The number of halogens is 4. The smallest absolute Gasteiger partial charge is 0.165 e. The number of aliphatic hydroxyl groups is 1. The minimum absolute atomic E-state index is 0.158. The molecule has 1 aliphatic rings. The Kier molecular flexibility index (Phi) is 2.22. The minimum atomic E-state index is -1.44. The molecule has 0 spiro atoms. The van der Waals surface area contributed by atoms with E-state index in [0.717, 1.165) is 0 Å². The fraction of sp³-hybridized carbons (Fsp3) is 0.400. The summed E-state index contributed by atoms with van der Waals surface area (Å²) < 4.78 is 51.7. The van der Waals surface area contributed by atoms with Crippen LogP contribution >= 0.6 is 0 Å². The van der Waals surface area contributed by atoms with Crippen LogP contribution in [0.1, 0.15) is 18.4 Å². The molecule has 0 atom stereocenters. The molecule has 15 heavy (non-hydrogen) atoms. The van der Waals surface area contributed by atoms with E-state index in [1.807, 2.05) is 0 Å². The van der Waals surface area contributed by atoms with E-state index in [1.54, 1.807) is 0 Å². The first kappa shape index (κ1) is 10.4. The molecule has 0 aromatic heterocycles. The average molecular weight is 220 g/mol. The molecule has 0 radical (unpaired) electrons. The lowest BCUT2D eigenvalue weighted by Crippen LogP contribution is -2.15. The third-order valence-corrected chi connectivity index (χ3v) is 2.54. The number of hydrogen-bond acceptors (Lipinski definition) is 1. The maximum absolute atomic E-state index is 13.1. The molecule has 1 aromatic carbocycles. The summed E-state index contributed by atoms with van der Waals surface area (Å²) in [5, 5.41) is 9.43. The van der Waals surface area contributed by atoms with Gasteiger partial charge in [-0.2, -0.15) is 0 Å². The Bertz CT molecular complexity index is 386. The van der Waals surface area contributed by atoms with E-state index < -0.39 is 34.4 Å². The van der Waals surface area contributed by atoms with E-state index in [9.17, 15) is 22.7 Å². The van der Waals surface area contributed by atoms with Crippen LogP contribution in [0.5, 0.6) is 0 Å². The molecular formula is C10H8F4O. The van der Waals surface area contributed by atoms with E-state index in [2.05, 4.69) is 0 Å². The van der Waals surface area contributed by atoms with Gasteiger partial charge in [0.15, 0.2) is 23.3 Å². The Morgan fingerprint density at radius 1 is 1.07 bits per heavy atom. The van der Waals surface area contributed by atoms with Gasteiger partial charge in [0.1, 0.15) is 0 Å². The van der Waals surface area contributed by atoms with Crippen molar-refractivity contribution < 1.29 is 22.7 Å². The summed E-state index contributed by atoms with van der Waals surface area (Å²) in [6.45, 7) is 0. The Hall–Kier alpha value is -1.10. The van der Waals surface area contributed by atoms with Gasteiger partial charge in [-0.05, 0) is 12.8 Å². The van der Waals surface area contributed by atoms with E-state index in [1.165, 1.54) is 0 Å². The van der Waals surface area contributed by atoms with Crippen LogP contribution in [0.3, 0.4) is 0 Å². The fourth-order valence-corrected chi connectivity index (χ4v) is 1.43. The molecule has 1 nitrogen and oxygen atoms in total. The number of hydrogen-bond donors (Lipinski definition) is 1. The van der Waals surface area contributed by atoms with Crippen LogP contribution in [-0.2, 0) is 6.42 Å². The molecule has 82 valence electrons. The highest BCUT2D eigenvalue weighted by Crippen LogP contribution is 2.39. The SMILES string of the molecule is OC1(Cc2c(F)c(F)cc(F)c2F)CC1. The highest BCUT2D eigenvalue weighted by atomic mass is 19.2. The van der Waals surface area contributed by atoms with E-state index >= 15 is 0 Å². The monoisotopic (exact) mass is 220 g/mol. The molecule has 0 unspecified atom stereocenters. The van der Waals surface area contributed by atoms with Crippen LogP contribution < -0.4 is 0 Å². The summed E-state index contributed by atoms with van der Waals surface area (Å²) >= 11 is 0. The van der Waals surface area contributed by atoms with Gasteiger partial charge in [-0.15, -0.1) is 0 Å². The molecule has 0 saturated heterocycles. The minimum Gasteiger partial charge on any atom is -0.390 e. The fourth-order valence-electron chi connectivity index (χ4n) is 1.43. The Labute approximate surface area is 83.3 Å². The van der Waals surface area contributed by atoms with Gasteiger partial charge in [0.25, 0.3) is 0 Å². The van der Waals surface area contributed by atoms with Gasteiger partial charge >= 0.3 is 0 Å². The molecule has 0 heterocycles. The second-order valence-corrected chi connectivity index (χ2v) is 3.85. The van der Waals surface area contributed by atoms with Gasteiger partial charge in [0.2, 0.25) is 0 Å². The second kappa shape index (κ2) is 3.20. The lowest BCUT2D eigenvalue weighted by Gasteiger charge is -2.10. The summed E-state index contributed by atoms with van der Waals surface area (Å²) in [7, 11) is 0. The average Bonchev–Trinajstić information content (AvgIpc) is 2.89. The Balaban J connectivity index is 2.44. The van der Waals surface area contributed by atoms with Crippen molar-refractivity contribution in [2.75, 3.05) is 0 Å². The molecule has 5 heteroatoms. The first-order valence-corrected chi connectivity index (χ1v) is 4.47. The van der Waals surface area contributed by atoms with Gasteiger partial charge in [-0.1, -0.05) is 0 Å². The number of rotatable bonds is 2. The summed E-state index contributed by atoms with van der Waals surface area (Å²) in [5.74, 6) is -5.72. The van der Waals surface area contributed by atoms with E-state index in [-0.39, 0.29) is 12.5 Å². The molecule has 1 aliphatic carbocycles. The highest BCUT2D eigenvalue weighted by Gasteiger charge is 2.42. The maximum Gasteiger partial charge on any atom is 0.165 e. The Morgan fingerprint density at radius 2 is 1.53 bits per heavy atom. The molecule has 0 aliphatic heterocycles. The predicted octanol–water partition coefficient (Wildman–Crippen LogP) is 2.31. The van der Waals surface area contributed by atoms with Crippen molar-refractivity contribution in [1.82, 2.24) is 0 Å². The molecule has 0 amide bonds. The highest BCUT2D eigenvalue weighted by molar-refractivity contribution is 5.25. The van der Waals surface area contributed by atoms with E-state index in [4.69, 9.17) is 0 Å². The van der Waals surface area contributed by atoms with Crippen LogP contribution in [-0.4, -0.2) is 10.7 Å². The van der Waals surface area contributed by atoms with Crippen molar-refractivity contribution in [3.05, 3.63) is 34.9 Å². The second-order valence-electron chi connectivity index (χ2n) is 3.85. The summed E-state index contributed by atoms with van der Waals surface area (Å²) in [5.41, 5.74) is -1.91. The van der Waals surface area contributed by atoms with Crippen LogP contribution in [0, 0.1) is 23.3 Å². The molecule has 2 rings (SSSR count). The van der Waals surface area contributed by atoms with Crippen molar-refractivity contribution in [1.29, 1.82) is 0 Å². The quantitative estimate of drug-likeness (QED) is 0.599. The van der Waals surface area contributed by atoms with Crippen LogP contribution in [0.4, 0.5) is 17.6 Å². The molecule has 1 fully saturated rings. The lowest BCUT2D eigenvalue weighted by atomic mass is 10.0. The van der Waals surface area contributed by atoms with Gasteiger partial charge < -0.3 is 5.11 Å². The van der Waals surface area contributed by atoms with Crippen LogP contribution in [0.25, 0.3) is 0 Å². The molecular weight excluding hydrogens is 212 g/mol. The lowest BCUT2D eigenvalue weighted by molar-refractivity contribution is 0.147. The summed E-state index contributed by atoms with van der Waals surface area (Å²) in [6, 6.07) is 0.158. The van der Waals surface area contributed by atoms with Gasteiger partial charge in [0.05, 0.1) is 5.60 Å². The van der Waals surface area contributed by atoms with Gasteiger partial charge in [0, 0.05) is 18.1 Å². The Morgan fingerprint density at radius 3 is 1.93 bits per heavy atom. The molecule has 1 N–H and O–H groups in total. The van der Waals surface area contributed by atoms with Crippen molar-refractivity contribution in [2.24, 2.45) is 0 Å². The zero-order chi connectivity index (χ0) is 11.2. The first-order valence-electron chi connectivity index (χ1n) is 4.47. The molecule has 1 aromatic rings. The molecule has 0 bridgehead atoms. The standard InChI is InChI=1S/C10H8F4O/c11-6-3-7(12)9(14)5(8(6)13)4-10(15)1-2-10/h3,15H,1-2,4H2. The van der Waals surface area contributed by atoms with Crippen molar-refractivity contribution in [3.8, 4) is 0 Å². The van der Waals surface area contributed by atoms with Crippen LogP contribution in [0.2, 0.25) is 0 Å². The summed E-state index contributed by atoms with van der Waals surface area (Å²) in [6.07, 6.45) is 0.396. The maximum atomic E-state index is 13.1. The first-order chi connectivity index (χ1) is 6.93. The van der Waals surface area contributed by atoms with Gasteiger partial charge in [-0.25, -0.2) is 17.6 Å². The third-order valence-electron chi connectivity index (χ3n) is 2.54. The third kappa shape index (κ3) is 1.84. The summed E-state index contributed by atoms with van der Waals surface area (Å²) in [4.78, 5) is 0. The van der Waals surface area contributed by atoms with Crippen molar-refractivity contribution >= 4 is 0 Å². The zero-order valence-electron chi connectivity index (χ0n) is 7.66. The topological polar surface area (TPSA) is 20.2 Å². The van der Waals surface area contributed by atoms with E-state index in [0.29, 0.717) is 12.8 Å². The largest absolute Gasteiger partial charge is 0.390 e. The van der Waals surface area contributed by atoms with Crippen LogP contribution in [0.15, 0.2) is 6.07 Å². The molecule has 1 saturated carbocycles. The number of benzene rings is 1. The van der Waals surface area contributed by atoms with Gasteiger partial charge in [-0.3, -0.25) is 0 Å².